The van der Waals surface area contributed by atoms with E-state index < -0.39 is 16.3 Å². The molecule has 1 aliphatic heterocycles. The van der Waals surface area contributed by atoms with Crippen molar-refractivity contribution in [1.29, 1.82) is 0 Å². The van der Waals surface area contributed by atoms with Crippen molar-refractivity contribution in [3.63, 3.8) is 0 Å². The lowest BCUT2D eigenvalue weighted by Gasteiger charge is -2.26. The summed E-state index contributed by atoms with van der Waals surface area (Å²) >= 11 is 15.8. The van der Waals surface area contributed by atoms with Gasteiger partial charge in [0.05, 0.1) is 22.7 Å². The predicted octanol–water partition coefficient (Wildman–Crippen LogP) is 5.33. The molecule has 0 radical (unpaired) electrons. The van der Waals surface area contributed by atoms with E-state index in [9.17, 15) is 9.00 Å². The van der Waals surface area contributed by atoms with Crippen LogP contribution >= 0.6 is 39.1 Å². The number of hydrogen-bond donors (Lipinski definition) is 0. The van der Waals surface area contributed by atoms with E-state index in [1.54, 1.807) is 35.2 Å². The molecule has 4 rings (SSSR count). The van der Waals surface area contributed by atoms with Crippen molar-refractivity contribution in [2.45, 2.75) is 23.9 Å². The summed E-state index contributed by atoms with van der Waals surface area (Å²) in [7, 11) is -1.32. The first-order valence-corrected chi connectivity index (χ1v) is 11.8. The Labute approximate surface area is 189 Å². The number of nitrogens with zero attached hydrogens (tertiary/aromatic N) is 3. The highest BCUT2D eigenvalue weighted by Crippen LogP contribution is 2.44. The van der Waals surface area contributed by atoms with Gasteiger partial charge in [-0.05, 0) is 42.8 Å². The fourth-order valence-corrected chi connectivity index (χ4v) is 5.15. The molecule has 0 fully saturated rings. The smallest absolute Gasteiger partial charge is 0.260 e. The van der Waals surface area contributed by atoms with E-state index in [-0.39, 0.29) is 5.91 Å². The maximum Gasteiger partial charge on any atom is 0.260 e. The molecule has 29 heavy (non-hydrogen) atoms. The summed E-state index contributed by atoms with van der Waals surface area (Å²) in [5, 5.41) is 1.32. The molecule has 0 saturated carbocycles. The maximum absolute atomic E-state index is 13.7. The van der Waals surface area contributed by atoms with E-state index in [0.717, 1.165) is 10.0 Å². The van der Waals surface area contributed by atoms with Crippen LogP contribution in [0.5, 0.6) is 0 Å². The number of carbonyl (C=O) groups excluding carboxylic acids is 1. The van der Waals surface area contributed by atoms with Gasteiger partial charge >= 0.3 is 0 Å². The van der Waals surface area contributed by atoms with Crippen molar-refractivity contribution in [3.05, 3.63) is 68.7 Å². The van der Waals surface area contributed by atoms with Crippen LogP contribution in [0.15, 0.2) is 58.2 Å². The third kappa shape index (κ3) is 3.54. The van der Waals surface area contributed by atoms with E-state index in [4.69, 9.17) is 23.2 Å². The van der Waals surface area contributed by atoms with Gasteiger partial charge in [0.1, 0.15) is 10.6 Å². The van der Waals surface area contributed by atoms with Gasteiger partial charge in [0.2, 0.25) is 5.95 Å². The van der Waals surface area contributed by atoms with E-state index in [0.29, 0.717) is 33.1 Å². The number of benzene rings is 2. The molecule has 0 aliphatic carbocycles. The number of hydrogen-bond acceptors (Lipinski definition) is 3. The number of halogens is 3. The quantitative estimate of drug-likeness (QED) is 0.475. The molecule has 150 valence electrons. The highest BCUT2D eigenvalue weighted by atomic mass is 79.9. The Morgan fingerprint density at radius 2 is 1.76 bits per heavy atom. The molecule has 1 aromatic heterocycles. The molecule has 3 aromatic rings. The number of anilines is 2. The van der Waals surface area contributed by atoms with Crippen LogP contribution in [-0.4, -0.2) is 25.9 Å². The number of carbonyl (C=O) groups is 1. The van der Waals surface area contributed by atoms with Gasteiger partial charge in [-0.2, -0.15) is 0 Å². The molecule has 2 heterocycles. The van der Waals surface area contributed by atoms with Crippen molar-refractivity contribution in [1.82, 2.24) is 9.55 Å². The molecular weight excluding hydrogens is 497 g/mol. The number of aromatic nitrogens is 2. The van der Waals surface area contributed by atoms with Crippen molar-refractivity contribution >= 4 is 67.5 Å². The number of imidazole rings is 1. The van der Waals surface area contributed by atoms with Crippen LogP contribution in [0.4, 0.5) is 11.6 Å². The lowest BCUT2D eigenvalue weighted by Crippen LogP contribution is -2.41. The SMILES string of the molecule is CS(=O)c1cnc2n1C(C)(Cc1ccc(Br)cc1)C(=O)N2c1cc(Cl)cc(Cl)c1. The summed E-state index contributed by atoms with van der Waals surface area (Å²) in [4.78, 5) is 19.6. The fraction of sp³-hybridized carbons (Fsp3) is 0.200. The highest BCUT2D eigenvalue weighted by Gasteiger charge is 2.50. The van der Waals surface area contributed by atoms with E-state index in [2.05, 4.69) is 20.9 Å². The molecule has 1 aliphatic rings. The number of fused-ring (bicyclic) bond motifs is 1. The molecular formula is C20H16BrCl2N3O2S. The average molecular weight is 513 g/mol. The first-order valence-electron chi connectivity index (χ1n) is 8.67. The van der Waals surface area contributed by atoms with Crippen LogP contribution in [0.25, 0.3) is 0 Å². The Hall–Kier alpha value is -1.67. The van der Waals surface area contributed by atoms with Gasteiger partial charge in [-0.15, -0.1) is 0 Å². The Morgan fingerprint density at radius 3 is 2.34 bits per heavy atom. The molecule has 2 aromatic carbocycles. The zero-order chi connectivity index (χ0) is 20.9. The predicted molar refractivity (Wildman–Crippen MR) is 120 cm³/mol. The second kappa shape index (κ2) is 7.54. The largest absolute Gasteiger partial charge is 0.287 e. The van der Waals surface area contributed by atoms with Gasteiger partial charge in [-0.3, -0.25) is 13.6 Å². The number of rotatable bonds is 4. The average Bonchev–Trinajstić information content (AvgIpc) is 3.16. The molecule has 5 nitrogen and oxygen atoms in total. The molecule has 0 N–H and O–H groups in total. The minimum Gasteiger partial charge on any atom is -0.287 e. The second-order valence-corrected chi connectivity index (χ2v) is 10.1. The molecule has 0 bridgehead atoms. The Balaban J connectivity index is 1.89. The van der Waals surface area contributed by atoms with Crippen LogP contribution < -0.4 is 4.90 Å². The summed E-state index contributed by atoms with van der Waals surface area (Å²) in [6.45, 7) is 1.84. The molecule has 2 atom stereocenters. The zero-order valence-corrected chi connectivity index (χ0v) is 19.4. The van der Waals surface area contributed by atoms with Gasteiger partial charge in [-0.1, -0.05) is 51.3 Å². The van der Waals surface area contributed by atoms with Gasteiger partial charge in [-0.25, -0.2) is 9.88 Å². The van der Waals surface area contributed by atoms with Crippen LogP contribution in [0, 0.1) is 0 Å². The van der Waals surface area contributed by atoms with Gasteiger partial charge in [0, 0.05) is 27.2 Å². The monoisotopic (exact) mass is 511 g/mol. The normalized spacial score (nSPS) is 19.5. The maximum atomic E-state index is 13.7. The lowest BCUT2D eigenvalue weighted by atomic mass is 9.92. The third-order valence-electron chi connectivity index (χ3n) is 4.93. The first-order chi connectivity index (χ1) is 13.7. The van der Waals surface area contributed by atoms with Crippen molar-refractivity contribution in [2.75, 3.05) is 11.2 Å². The van der Waals surface area contributed by atoms with Crippen molar-refractivity contribution in [2.24, 2.45) is 0 Å². The summed E-state index contributed by atoms with van der Waals surface area (Å²) in [5.74, 6) is 0.215. The highest BCUT2D eigenvalue weighted by molar-refractivity contribution is 9.10. The summed E-state index contributed by atoms with van der Waals surface area (Å²) in [6.07, 6.45) is 3.54. The van der Waals surface area contributed by atoms with Crippen LogP contribution in [0.1, 0.15) is 12.5 Å². The summed E-state index contributed by atoms with van der Waals surface area (Å²) in [6, 6.07) is 12.7. The first kappa shape index (κ1) is 20.6. The Morgan fingerprint density at radius 1 is 1.14 bits per heavy atom. The Bertz CT molecular complexity index is 1130. The Kier molecular flexibility index (Phi) is 5.36. The molecule has 9 heteroatoms. The molecule has 2 unspecified atom stereocenters. The van der Waals surface area contributed by atoms with E-state index in [1.165, 1.54) is 4.90 Å². The van der Waals surface area contributed by atoms with Gasteiger partial charge in [0.25, 0.3) is 5.91 Å². The van der Waals surface area contributed by atoms with Gasteiger partial charge in [0.15, 0.2) is 0 Å². The van der Waals surface area contributed by atoms with Crippen molar-refractivity contribution in [3.8, 4) is 0 Å². The number of amides is 1. The molecule has 1 amide bonds. The zero-order valence-electron chi connectivity index (χ0n) is 15.5. The van der Waals surface area contributed by atoms with Gasteiger partial charge < -0.3 is 0 Å². The van der Waals surface area contributed by atoms with Crippen LogP contribution in [0.2, 0.25) is 10.0 Å². The minimum atomic E-state index is -1.32. The fourth-order valence-electron chi connectivity index (χ4n) is 3.63. The second-order valence-electron chi connectivity index (χ2n) is 7.03. The third-order valence-corrected chi connectivity index (χ3v) is 6.77. The molecule has 0 spiro atoms. The van der Waals surface area contributed by atoms with Crippen LogP contribution in [0.3, 0.4) is 0 Å². The minimum absolute atomic E-state index is 0.187. The van der Waals surface area contributed by atoms with Crippen molar-refractivity contribution < 1.29 is 9.00 Å². The van der Waals surface area contributed by atoms with Crippen LogP contribution in [-0.2, 0) is 27.6 Å². The summed E-state index contributed by atoms with van der Waals surface area (Å²) < 4.78 is 15.1. The molecule has 0 saturated heterocycles. The summed E-state index contributed by atoms with van der Waals surface area (Å²) in [5.41, 5.74) is 0.491. The van der Waals surface area contributed by atoms with E-state index >= 15 is 0 Å². The van der Waals surface area contributed by atoms with E-state index in [1.807, 2.05) is 31.2 Å². The topological polar surface area (TPSA) is 55.2 Å². The standard InChI is InChI=1S/C20H16BrCl2N3O2S/c1-20(10-12-3-5-13(21)6-4-12)18(27)25(16-8-14(22)7-15(23)9-16)19-24-11-17(26(19)20)29(2)28/h3-9,11H,10H2,1-2H3. The lowest BCUT2D eigenvalue weighted by molar-refractivity contribution is -0.124.